The standard InChI is InChI=1S/C11H17ClFN3/c1-3-9-10(13)11(15-7-14-9)16-8(2)5-4-6-12/h7-8H,3-6H2,1-2H3,(H,14,15,16). The Hall–Kier alpha value is -0.900. The van der Waals surface area contributed by atoms with Gasteiger partial charge < -0.3 is 5.32 Å². The third-order valence-electron chi connectivity index (χ3n) is 2.35. The number of nitrogens with one attached hydrogen (secondary N) is 1. The molecular weight excluding hydrogens is 229 g/mol. The molecule has 0 saturated heterocycles. The van der Waals surface area contributed by atoms with Crippen molar-refractivity contribution in [2.24, 2.45) is 0 Å². The molecule has 0 aliphatic rings. The first-order valence-corrected chi connectivity index (χ1v) is 6.04. The molecule has 3 nitrogen and oxygen atoms in total. The quantitative estimate of drug-likeness (QED) is 0.783. The van der Waals surface area contributed by atoms with Crippen molar-refractivity contribution in [1.82, 2.24) is 9.97 Å². The van der Waals surface area contributed by atoms with E-state index in [-0.39, 0.29) is 17.7 Å². The number of anilines is 1. The maximum atomic E-state index is 13.7. The Balaban J connectivity index is 2.66. The highest BCUT2D eigenvalue weighted by molar-refractivity contribution is 6.17. The molecule has 0 aliphatic carbocycles. The van der Waals surface area contributed by atoms with Crippen molar-refractivity contribution in [3.05, 3.63) is 17.8 Å². The zero-order valence-corrected chi connectivity index (χ0v) is 10.4. The van der Waals surface area contributed by atoms with E-state index in [1.54, 1.807) is 0 Å². The monoisotopic (exact) mass is 245 g/mol. The minimum absolute atomic E-state index is 0.160. The van der Waals surface area contributed by atoms with Crippen LogP contribution in [0, 0.1) is 5.82 Å². The van der Waals surface area contributed by atoms with Crippen LogP contribution in [-0.2, 0) is 6.42 Å². The van der Waals surface area contributed by atoms with Gasteiger partial charge in [-0.25, -0.2) is 14.4 Å². The smallest absolute Gasteiger partial charge is 0.186 e. The molecule has 16 heavy (non-hydrogen) atoms. The Morgan fingerprint density at radius 1 is 1.50 bits per heavy atom. The Morgan fingerprint density at radius 3 is 2.88 bits per heavy atom. The minimum Gasteiger partial charge on any atom is -0.365 e. The van der Waals surface area contributed by atoms with Gasteiger partial charge in [0.05, 0.1) is 5.69 Å². The second kappa shape index (κ2) is 6.63. The minimum atomic E-state index is -0.345. The summed E-state index contributed by atoms with van der Waals surface area (Å²) >= 11 is 5.60. The van der Waals surface area contributed by atoms with Crippen molar-refractivity contribution in [3.8, 4) is 0 Å². The van der Waals surface area contributed by atoms with Crippen LogP contribution in [0.15, 0.2) is 6.33 Å². The van der Waals surface area contributed by atoms with E-state index in [1.807, 2.05) is 13.8 Å². The Morgan fingerprint density at radius 2 is 2.25 bits per heavy atom. The molecule has 1 N–H and O–H groups in total. The van der Waals surface area contributed by atoms with E-state index >= 15 is 0 Å². The van der Waals surface area contributed by atoms with Crippen LogP contribution in [0.3, 0.4) is 0 Å². The second-order valence-electron chi connectivity index (χ2n) is 3.71. The van der Waals surface area contributed by atoms with Gasteiger partial charge in [0.15, 0.2) is 11.6 Å². The van der Waals surface area contributed by atoms with E-state index in [0.717, 1.165) is 12.8 Å². The van der Waals surface area contributed by atoms with E-state index in [1.165, 1.54) is 6.33 Å². The average molecular weight is 246 g/mol. The fraction of sp³-hybridized carbons (Fsp3) is 0.636. The van der Waals surface area contributed by atoms with Crippen molar-refractivity contribution < 1.29 is 4.39 Å². The third-order valence-corrected chi connectivity index (χ3v) is 2.62. The third kappa shape index (κ3) is 3.59. The number of hydrogen-bond acceptors (Lipinski definition) is 3. The van der Waals surface area contributed by atoms with Gasteiger partial charge >= 0.3 is 0 Å². The number of nitrogens with zero attached hydrogens (tertiary/aromatic N) is 2. The molecule has 1 rings (SSSR count). The number of halogens is 2. The molecule has 0 fully saturated rings. The van der Waals surface area contributed by atoms with Crippen LogP contribution < -0.4 is 5.32 Å². The lowest BCUT2D eigenvalue weighted by molar-refractivity contribution is 0.589. The summed E-state index contributed by atoms with van der Waals surface area (Å²) in [6.07, 6.45) is 3.76. The van der Waals surface area contributed by atoms with Gasteiger partial charge in [0.2, 0.25) is 0 Å². The van der Waals surface area contributed by atoms with E-state index in [4.69, 9.17) is 11.6 Å². The number of aromatic nitrogens is 2. The lowest BCUT2D eigenvalue weighted by Crippen LogP contribution is -2.18. The fourth-order valence-corrected chi connectivity index (χ4v) is 1.60. The molecule has 5 heteroatoms. The number of hydrogen-bond donors (Lipinski definition) is 1. The Bertz CT molecular complexity index is 333. The summed E-state index contributed by atoms with van der Waals surface area (Å²) < 4.78 is 13.7. The Kier molecular flexibility index (Phi) is 5.46. The maximum Gasteiger partial charge on any atom is 0.186 e. The van der Waals surface area contributed by atoms with E-state index in [2.05, 4.69) is 15.3 Å². The van der Waals surface area contributed by atoms with Crippen LogP contribution in [0.2, 0.25) is 0 Å². The fourth-order valence-electron chi connectivity index (χ4n) is 1.44. The lowest BCUT2D eigenvalue weighted by atomic mass is 10.2. The van der Waals surface area contributed by atoms with E-state index in [0.29, 0.717) is 18.0 Å². The molecule has 0 aliphatic heterocycles. The summed E-state index contributed by atoms with van der Waals surface area (Å²) in [5.41, 5.74) is 0.446. The average Bonchev–Trinajstić information content (AvgIpc) is 2.29. The van der Waals surface area contributed by atoms with E-state index < -0.39 is 0 Å². The van der Waals surface area contributed by atoms with Gasteiger partial charge in [-0.3, -0.25) is 0 Å². The summed E-state index contributed by atoms with van der Waals surface area (Å²) in [6, 6.07) is 0.160. The van der Waals surface area contributed by atoms with Gasteiger partial charge in [-0.2, -0.15) is 0 Å². The maximum absolute atomic E-state index is 13.7. The number of rotatable bonds is 6. The molecule has 0 bridgehead atoms. The first kappa shape index (κ1) is 13.2. The van der Waals surface area contributed by atoms with Crippen LogP contribution in [0.25, 0.3) is 0 Å². The van der Waals surface area contributed by atoms with Crippen LogP contribution >= 0.6 is 11.6 Å². The number of aryl methyl sites for hydroxylation is 1. The van der Waals surface area contributed by atoms with Crippen molar-refractivity contribution in [2.45, 2.75) is 39.2 Å². The summed E-state index contributed by atoms with van der Waals surface area (Å²) in [7, 11) is 0. The molecule has 90 valence electrons. The molecular formula is C11H17ClFN3. The largest absolute Gasteiger partial charge is 0.365 e. The van der Waals surface area contributed by atoms with Crippen molar-refractivity contribution in [1.29, 1.82) is 0 Å². The number of alkyl halides is 1. The van der Waals surface area contributed by atoms with Crippen molar-refractivity contribution >= 4 is 17.4 Å². The van der Waals surface area contributed by atoms with Crippen molar-refractivity contribution in [2.75, 3.05) is 11.2 Å². The van der Waals surface area contributed by atoms with Crippen molar-refractivity contribution in [3.63, 3.8) is 0 Å². The molecule has 1 atom stereocenters. The van der Waals surface area contributed by atoms with Gasteiger partial charge in [-0.15, -0.1) is 11.6 Å². The molecule has 0 amide bonds. The van der Waals surface area contributed by atoms with E-state index in [9.17, 15) is 4.39 Å². The summed E-state index contributed by atoms with van der Waals surface area (Å²) in [5.74, 6) is 0.565. The Labute approximate surface area is 100 Å². The highest BCUT2D eigenvalue weighted by atomic mass is 35.5. The zero-order valence-electron chi connectivity index (χ0n) is 9.63. The van der Waals surface area contributed by atoms with Crippen LogP contribution in [0.1, 0.15) is 32.4 Å². The second-order valence-corrected chi connectivity index (χ2v) is 4.09. The first-order valence-electron chi connectivity index (χ1n) is 5.50. The van der Waals surface area contributed by atoms with Crippen LogP contribution in [0.5, 0.6) is 0 Å². The predicted molar refractivity (Wildman–Crippen MR) is 64.4 cm³/mol. The lowest BCUT2D eigenvalue weighted by Gasteiger charge is -2.14. The van der Waals surface area contributed by atoms with Gasteiger partial charge in [0, 0.05) is 11.9 Å². The topological polar surface area (TPSA) is 37.8 Å². The predicted octanol–water partition coefficient (Wildman–Crippen LogP) is 3.00. The molecule has 1 heterocycles. The summed E-state index contributed by atoms with van der Waals surface area (Å²) in [6.45, 7) is 3.85. The SMILES string of the molecule is CCc1ncnc(NC(C)CCCCl)c1F. The molecule has 0 aromatic carbocycles. The van der Waals surface area contributed by atoms with Crippen LogP contribution in [-0.4, -0.2) is 21.9 Å². The van der Waals surface area contributed by atoms with Crippen LogP contribution in [0.4, 0.5) is 10.2 Å². The molecule has 0 saturated carbocycles. The van der Waals surface area contributed by atoms with Gasteiger partial charge in [0.25, 0.3) is 0 Å². The highest BCUT2D eigenvalue weighted by Crippen LogP contribution is 2.15. The molecule has 0 spiro atoms. The summed E-state index contributed by atoms with van der Waals surface area (Å²) in [4.78, 5) is 7.78. The van der Waals surface area contributed by atoms with Gasteiger partial charge in [-0.1, -0.05) is 6.92 Å². The molecule has 0 radical (unpaired) electrons. The van der Waals surface area contributed by atoms with Gasteiger partial charge in [-0.05, 0) is 26.2 Å². The molecule has 1 aromatic rings. The highest BCUT2D eigenvalue weighted by Gasteiger charge is 2.11. The zero-order chi connectivity index (χ0) is 12.0. The normalized spacial score (nSPS) is 12.5. The van der Waals surface area contributed by atoms with Gasteiger partial charge in [0.1, 0.15) is 6.33 Å². The molecule has 1 aromatic heterocycles. The summed E-state index contributed by atoms with van der Waals surface area (Å²) in [5, 5.41) is 3.03. The first-order chi connectivity index (χ1) is 7.69. The molecule has 1 unspecified atom stereocenters.